The molecule has 0 saturated heterocycles. The van der Waals surface area contributed by atoms with Crippen LogP contribution in [0.5, 0.6) is 0 Å². The fourth-order valence-corrected chi connectivity index (χ4v) is 0.390. The summed E-state index contributed by atoms with van der Waals surface area (Å²) in [6.45, 7) is 2.14. The zero-order valence-electron chi connectivity index (χ0n) is 6.79. The van der Waals surface area contributed by atoms with E-state index < -0.39 is 18.4 Å². The first-order valence-corrected chi connectivity index (χ1v) is 3.04. The SMILES string of the molecule is CCCOC(=O)CC(=O)O.[Rb]. The van der Waals surface area contributed by atoms with Gasteiger partial charge in [0.2, 0.25) is 0 Å². The molecule has 0 aromatic rings. The van der Waals surface area contributed by atoms with Gasteiger partial charge < -0.3 is 9.84 Å². The van der Waals surface area contributed by atoms with Crippen LogP contribution in [0.25, 0.3) is 0 Å². The Bertz CT molecular complexity index is 135. The van der Waals surface area contributed by atoms with Gasteiger partial charge in [0.15, 0.2) is 0 Å². The van der Waals surface area contributed by atoms with E-state index in [1.165, 1.54) is 0 Å². The summed E-state index contributed by atoms with van der Waals surface area (Å²) in [5.74, 6) is -1.82. The molecule has 11 heavy (non-hydrogen) atoms. The first kappa shape index (κ1) is 14.3. The van der Waals surface area contributed by atoms with Gasteiger partial charge in [-0.15, -0.1) is 0 Å². The molecule has 0 unspecified atom stereocenters. The van der Waals surface area contributed by atoms with Crippen molar-refractivity contribution >= 4 is 70.1 Å². The molecular weight excluding hydrogens is 222 g/mol. The summed E-state index contributed by atoms with van der Waals surface area (Å²) in [7, 11) is 0. The predicted molar refractivity (Wildman–Crippen MR) is 39.3 cm³/mol. The van der Waals surface area contributed by atoms with Crippen LogP contribution in [0.3, 0.4) is 0 Å². The van der Waals surface area contributed by atoms with Gasteiger partial charge in [0.05, 0.1) is 6.61 Å². The molecule has 1 radical (unpaired) electrons. The molecule has 0 amide bonds. The number of carboxylic acid groups (broad SMARTS) is 1. The topological polar surface area (TPSA) is 63.6 Å². The second-order valence-electron chi connectivity index (χ2n) is 1.79. The van der Waals surface area contributed by atoms with Crippen LogP contribution in [0.1, 0.15) is 19.8 Å². The molecule has 0 fully saturated rings. The van der Waals surface area contributed by atoms with Gasteiger partial charge in [-0.3, -0.25) is 9.59 Å². The molecule has 0 aromatic carbocycles. The summed E-state index contributed by atoms with van der Waals surface area (Å²) in [5.41, 5.74) is 0. The van der Waals surface area contributed by atoms with Crippen LogP contribution >= 0.6 is 0 Å². The van der Waals surface area contributed by atoms with Gasteiger partial charge in [0.1, 0.15) is 6.42 Å². The normalized spacial score (nSPS) is 8.09. The zero-order valence-corrected chi connectivity index (χ0v) is 11.7. The van der Waals surface area contributed by atoms with E-state index in [9.17, 15) is 9.59 Å². The minimum atomic E-state index is -1.15. The number of carbonyl (C=O) groups excluding carboxylic acids is 1. The quantitative estimate of drug-likeness (QED) is 0.548. The Kier molecular flexibility index (Phi) is 11.5. The maximum Gasteiger partial charge on any atom is 0.317 e. The number of hydrogen-bond acceptors (Lipinski definition) is 3. The van der Waals surface area contributed by atoms with E-state index in [4.69, 9.17) is 5.11 Å². The molecule has 0 aliphatic heterocycles. The van der Waals surface area contributed by atoms with Crippen molar-refractivity contribution in [2.45, 2.75) is 19.8 Å². The number of carboxylic acids is 1. The summed E-state index contributed by atoms with van der Waals surface area (Å²) in [4.78, 5) is 20.3. The first-order chi connectivity index (χ1) is 4.66. The van der Waals surface area contributed by atoms with Crippen molar-refractivity contribution in [3.05, 3.63) is 0 Å². The van der Waals surface area contributed by atoms with Gasteiger partial charge in [-0.1, -0.05) is 6.92 Å². The van der Waals surface area contributed by atoms with Crippen molar-refractivity contribution in [1.29, 1.82) is 0 Å². The van der Waals surface area contributed by atoms with Crippen LogP contribution < -0.4 is 0 Å². The maximum absolute atomic E-state index is 10.4. The predicted octanol–water partition coefficient (Wildman–Crippen LogP) is 0.0335. The summed E-state index contributed by atoms with van der Waals surface area (Å²) in [6, 6.07) is 0. The van der Waals surface area contributed by atoms with Gasteiger partial charge in [-0.25, -0.2) is 0 Å². The van der Waals surface area contributed by atoms with Gasteiger partial charge in [0, 0.05) is 58.2 Å². The van der Waals surface area contributed by atoms with E-state index in [0.717, 1.165) is 0 Å². The maximum atomic E-state index is 10.4. The van der Waals surface area contributed by atoms with Crippen LogP contribution in [0.4, 0.5) is 0 Å². The first-order valence-electron chi connectivity index (χ1n) is 3.04. The van der Waals surface area contributed by atoms with Crippen LogP contribution in [0.15, 0.2) is 0 Å². The molecule has 0 aromatic heterocycles. The summed E-state index contributed by atoms with van der Waals surface area (Å²) in [5, 5.41) is 8.08. The Morgan fingerprint density at radius 1 is 1.45 bits per heavy atom. The second-order valence-corrected chi connectivity index (χ2v) is 1.79. The van der Waals surface area contributed by atoms with E-state index in [1.807, 2.05) is 6.92 Å². The Hall–Kier alpha value is 0.745. The molecule has 1 N–H and O–H groups in total. The van der Waals surface area contributed by atoms with E-state index >= 15 is 0 Å². The summed E-state index contributed by atoms with van der Waals surface area (Å²) in [6.07, 6.45) is 0.172. The van der Waals surface area contributed by atoms with Crippen molar-refractivity contribution in [3.63, 3.8) is 0 Å². The largest absolute Gasteiger partial charge is 0.481 e. The van der Waals surface area contributed by atoms with E-state index in [0.29, 0.717) is 13.0 Å². The Balaban J connectivity index is 0. The number of carbonyl (C=O) groups is 2. The average Bonchev–Trinajstić information content (AvgIpc) is 1.82. The van der Waals surface area contributed by atoms with E-state index in [1.54, 1.807) is 0 Å². The standard InChI is InChI=1S/C6H10O4.Rb/c1-2-3-10-6(9)4-5(7)8;/h2-4H2,1H3,(H,7,8);. The fraction of sp³-hybridized carbons (Fsp3) is 0.667. The molecule has 0 saturated carbocycles. The molecule has 0 aliphatic carbocycles. The molecule has 5 heteroatoms. The minimum Gasteiger partial charge on any atom is -0.481 e. The molecule has 0 rings (SSSR count). The molecule has 4 nitrogen and oxygen atoms in total. The molecule has 0 aliphatic rings. The Morgan fingerprint density at radius 2 is 2.00 bits per heavy atom. The Labute approximate surface area is 114 Å². The second kappa shape index (κ2) is 8.84. The van der Waals surface area contributed by atoms with Crippen molar-refractivity contribution in [3.8, 4) is 0 Å². The van der Waals surface area contributed by atoms with E-state index in [2.05, 4.69) is 4.74 Å². The van der Waals surface area contributed by atoms with Crippen LogP contribution in [-0.4, -0.2) is 81.8 Å². The molecule has 0 spiro atoms. The van der Waals surface area contributed by atoms with Crippen molar-refractivity contribution in [2.75, 3.05) is 6.61 Å². The fourth-order valence-electron chi connectivity index (χ4n) is 0.390. The minimum absolute atomic E-state index is 0. The van der Waals surface area contributed by atoms with Crippen LogP contribution in [-0.2, 0) is 14.3 Å². The van der Waals surface area contributed by atoms with Gasteiger partial charge in [-0.2, -0.15) is 0 Å². The molecule has 0 heterocycles. The zero-order chi connectivity index (χ0) is 7.98. The third-order valence-corrected chi connectivity index (χ3v) is 0.763. The van der Waals surface area contributed by atoms with Crippen molar-refractivity contribution < 1.29 is 19.4 Å². The number of hydrogen-bond donors (Lipinski definition) is 1. The Morgan fingerprint density at radius 3 is 2.36 bits per heavy atom. The average molecular weight is 232 g/mol. The molecule has 0 bridgehead atoms. The number of rotatable bonds is 4. The number of esters is 1. The summed E-state index contributed by atoms with van der Waals surface area (Å²) >= 11 is 0. The third kappa shape index (κ3) is 10.7. The number of aliphatic carboxylic acids is 1. The smallest absolute Gasteiger partial charge is 0.317 e. The van der Waals surface area contributed by atoms with Crippen LogP contribution in [0, 0.1) is 0 Å². The molecular formula is C6H10O4Rb. The molecule has 0 atom stereocenters. The van der Waals surface area contributed by atoms with Gasteiger partial charge in [-0.05, 0) is 6.42 Å². The van der Waals surface area contributed by atoms with Crippen LogP contribution in [0.2, 0.25) is 0 Å². The number of ether oxygens (including phenoxy) is 1. The summed E-state index contributed by atoms with van der Waals surface area (Å²) < 4.78 is 4.48. The monoisotopic (exact) mass is 231 g/mol. The van der Waals surface area contributed by atoms with Crippen molar-refractivity contribution in [1.82, 2.24) is 0 Å². The van der Waals surface area contributed by atoms with Gasteiger partial charge >= 0.3 is 11.9 Å². The third-order valence-electron chi connectivity index (χ3n) is 0.763. The molecule has 59 valence electrons. The van der Waals surface area contributed by atoms with Gasteiger partial charge in [0.25, 0.3) is 0 Å². The van der Waals surface area contributed by atoms with E-state index in [-0.39, 0.29) is 58.2 Å². The van der Waals surface area contributed by atoms with Crippen molar-refractivity contribution in [2.24, 2.45) is 0 Å².